The summed E-state index contributed by atoms with van der Waals surface area (Å²) in [6, 6.07) is 3.99. The molecule has 1 heterocycles. The molecule has 2 N–H and O–H groups in total. The zero-order valence-electron chi connectivity index (χ0n) is 10.8. The van der Waals surface area contributed by atoms with E-state index < -0.39 is 23.2 Å². The molecule has 19 heavy (non-hydrogen) atoms. The highest BCUT2D eigenvalue weighted by molar-refractivity contribution is 9.11. The number of amides is 1. The predicted octanol–water partition coefficient (Wildman–Crippen LogP) is 2.53. The second kappa shape index (κ2) is 5.25. The molecule has 0 aliphatic heterocycles. The third kappa shape index (κ3) is 3.00. The second-order valence-corrected chi connectivity index (χ2v) is 7.91. The lowest BCUT2D eigenvalue weighted by atomic mass is 10.1. The van der Waals surface area contributed by atoms with Crippen molar-refractivity contribution in [2.24, 2.45) is 17.3 Å². The zero-order chi connectivity index (χ0) is 14.2. The van der Waals surface area contributed by atoms with Crippen LogP contribution >= 0.6 is 27.3 Å². The smallest absolute Gasteiger partial charge is 0.307 e. The van der Waals surface area contributed by atoms with Gasteiger partial charge in [0.2, 0.25) is 5.91 Å². The highest BCUT2D eigenvalue weighted by Gasteiger charge is 2.65. The van der Waals surface area contributed by atoms with Gasteiger partial charge in [0.05, 0.1) is 15.6 Å². The van der Waals surface area contributed by atoms with Crippen LogP contribution in [-0.4, -0.2) is 23.5 Å². The minimum atomic E-state index is -0.882. The van der Waals surface area contributed by atoms with Crippen molar-refractivity contribution in [3.8, 4) is 0 Å². The summed E-state index contributed by atoms with van der Waals surface area (Å²) in [5, 5.41) is 11.9. The Morgan fingerprint density at radius 1 is 1.42 bits per heavy atom. The fourth-order valence-corrected chi connectivity index (χ4v) is 3.98. The summed E-state index contributed by atoms with van der Waals surface area (Å²) in [6.07, 6.45) is 0.771. The maximum Gasteiger partial charge on any atom is 0.307 e. The van der Waals surface area contributed by atoms with E-state index in [1.54, 1.807) is 11.3 Å². The van der Waals surface area contributed by atoms with Crippen LogP contribution in [0.5, 0.6) is 0 Å². The fourth-order valence-electron chi connectivity index (χ4n) is 2.49. The molecule has 2 rings (SSSR count). The van der Waals surface area contributed by atoms with E-state index in [0.717, 1.165) is 10.2 Å². The quantitative estimate of drug-likeness (QED) is 0.861. The summed E-state index contributed by atoms with van der Waals surface area (Å²) in [5.41, 5.74) is -0.429. The summed E-state index contributed by atoms with van der Waals surface area (Å²) in [5.74, 6) is -1.98. The van der Waals surface area contributed by atoms with E-state index in [1.165, 1.54) is 4.88 Å². The van der Waals surface area contributed by atoms with Crippen LogP contribution < -0.4 is 5.32 Å². The number of thiophene rings is 1. The molecule has 0 spiro atoms. The minimum Gasteiger partial charge on any atom is -0.481 e. The standard InChI is InChI=1S/C13H16BrNO3S/c1-13(2)9(10(13)12(17)18)11(16)15-6-5-7-3-4-8(14)19-7/h3-4,9-10H,5-6H2,1-2H3,(H,15,16)(H,17,18)/t9-,10+/m1/s1. The van der Waals surface area contributed by atoms with Gasteiger partial charge in [-0.15, -0.1) is 11.3 Å². The average molecular weight is 346 g/mol. The molecule has 1 aromatic heterocycles. The first-order valence-electron chi connectivity index (χ1n) is 6.08. The largest absolute Gasteiger partial charge is 0.481 e. The highest BCUT2D eigenvalue weighted by atomic mass is 79.9. The second-order valence-electron chi connectivity index (χ2n) is 5.36. The van der Waals surface area contributed by atoms with E-state index in [1.807, 2.05) is 26.0 Å². The Balaban J connectivity index is 1.81. The van der Waals surface area contributed by atoms with Crippen LogP contribution in [0.15, 0.2) is 15.9 Å². The normalized spacial score (nSPS) is 23.9. The molecule has 0 saturated heterocycles. The van der Waals surface area contributed by atoms with Crippen molar-refractivity contribution in [3.63, 3.8) is 0 Å². The van der Waals surface area contributed by atoms with E-state index in [9.17, 15) is 9.59 Å². The number of aliphatic carboxylic acids is 1. The van der Waals surface area contributed by atoms with Crippen molar-refractivity contribution in [3.05, 3.63) is 20.8 Å². The molecule has 0 aromatic carbocycles. The SMILES string of the molecule is CC1(C)[C@H](C(=O)O)[C@@H]1C(=O)NCCc1ccc(Br)s1. The number of nitrogens with one attached hydrogen (secondary N) is 1. The molecule has 1 aromatic rings. The maximum atomic E-state index is 12.0. The molecule has 1 fully saturated rings. The number of carbonyl (C=O) groups excluding carboxylic acids is 1. The summed E-state index contributed by atoms with van der Waals surface area (Å²) >= 11 is 5.03. The van der Waals surface area contributed by atoms with Crippen molar-refractivity contribution in [2.45, 2.75) is 20.3 Å². The Hall–Kier alpha value is -0.880. The molecule has 0 bridgehead atoms. The van der Waals surface area contributed by atoms with Crippen molar-refractivity contribution < 1.29 is 14.7 Å². The van der Waals surface area contributed by atoms with Gasteiger partial charge in [-0.25, -0.2) is 0 Å². The molecule has 0 radical (unpaired) electrons. The van der Waals surface area contributed by atoms with Crippen LogP contribution in [0.2, 0.25) is 0 Å². The average Bonchev–Trinajstić information content (AvgIpc) is 2.65. The lowest BCUT2D eigenvalue weighted by Gasteiger charge is -2.05. The maximum absolute atomic E-state index is 12.0. The Bertz CT molecular complexity index is 512. The summed E-state index contributed by atoms with van der Waals surface area (Å²) < 4.78 is 1.07. The molecular weight excluding hydrogens is 330 g/mol. The molecule has 1 aliphatic carbocycles. The molecule has 6 heteroatoms. The van der Waals surface area contributed by atoms with Crippen molar-refractivity contribution in [1.29, 1.82) is 0 Å². The Morgan fingerprint density at radius 2 is 2.11 bits per heavy atom. The molecule has 1 aliphatic rings. The predicted molar refractivity (Wildman–Crippen MR) is 77.1 cm³/mol. The highest BCUT2D eigenvalue weighted by Crippen LogP contribution is 2.58. The number of hydrogen-bond acceptors (Lipinski definition) is 3. The number of rotatable bonds is 5. The van der Waals surface area contributed by atoms with Crippen LogP contribution in [0.3, 0.4) is 0 Å². The van der Waals surface area contributed by atoms with Crippen molar-refractivity contribution >= 4 is 39.1 Å². The van der Waals surface area contributed by atoms with E-state index in [2.05, 4.69) is 21.2 Å². The van der Waals surface area contributed by atoms with Gasteiger partial charge in [-0.05, 0) is 39.9 Å². The summed E-state index contributed by atoms with van der Waals surface area (Å²) in [6.45, 7) is 4.20. The van der Waals surface area contributed by atoms with Gasteiger partial charge >= 0.3 is 5.97 Å². The third-order valence-corrected chi connectivity index (χ3v) is 5.36. The van der Waals surface area contributed by atoms with Gasteiger partial charge in [0.1, 0.15) is 0 Å². The van der Waals surface area contributed by atoms with Crippen LogP contribution in [0.25, 0.3) is 0 Å². The first kappa shape index (κ1) is 14.5. The van der Waals surface area contributed by atoms with Gasteiger partial charge in [0.25, 0.3) is 0 Å². The fraction of sp³-hybridized carbons (Fsp3) is 0.538. The van der Waals surface area contributed by atoms with Crippen molar-refractivity contribution in [1.82, 2.24) is 5.32 Å². The lowest BCUT2D eigenvalue weighted by molar-refractivity contribution is -0.140. The van der Waals surface area contributed by atoms with Gasteiger partial charge in [0.15, 0.2) is 0 Å². The monoisotopic (exact) mass is 345 g/mol. The van der Waals surface area contributed by atoms with E-state index in [-0.39, 0.29) is 5.91 Å². The minimum absolute atomic E-state index is 0.145. The zero-order valence-corrected chi connectivity index (χ0v) is 13.2. The Morgan fingerprint density at radius 3 is 2.58 bits per heavy atom. The van der Waals surface area contributed by atoms with Gasteiger partial charge < -0.3 is 10.4 Å². The molecular formula is C13H16BrNO3S. The van der Waals surface area contributed by atoms with Crippen LogP contribution in [0.1, 0.15) is 18.7 Å². The molecule has 2 atom stereocenters. The third-order valence-electron chi connectivity index (χ3n) is 3.68. The molecule has 104 valence electrons. The molecule has 1 saturated carbocycles. The van der Waals surface area contributed by atoms with E-state index in [4.69, 9.17) is 5.11 Å². The van der Waals surface area contributed by atoms with E-state index in [0.29, 0.717) is 6.54 Å². The number of carboxylic acids is 1. The van der Waals surface area contributed by atoms with Crippen LogP contribution in [0, 0.1) is 17.3 Å². The number of halogens is 1. The summed E-state index contributed by atoms with van der Waals surface area (Å²) in [7, 11) is 0. The summed E-state index contributed by atoms with van der Waals surface area (Å²) in [4.78, 5) is 24.1. The molecule has 1 amide bonds. The number of hydrogen-bond donors (Lipinski definition) is 2. The van der Waals surface area contributed by atoms with Gasteiger partial charge in [0, 0.05) is 11.4 Å². The van der Waals surface area contributed by atoms with E-state index >= 15 is 0 Å². The van der Waals surface area contributed by atoms with Crippen LogP contribution in [0.4, 0.5) is 0 Å². The first-order chi connectivity index (χ1) is 8.84. The Kier molecular flexibility index (Phi) is 4.01. The molecule has 0 unspecified atom stereocenters. The van der Waals surface area contributed by atoms with Gasteiger partial charge in [-0.3, -0.25) is 9.59 Å². The lowest BCUT2D eigenvalue weighted by Crippen LogP contribution is -2.29. The molecule has 4 nitrogen and oxygen atoms in total. The number of carboxylic acid groups (broad SMARTS) is 1. The Labute approximate surface area is 124 Å². The van der Waals surface area contributed by atoms with Gasteiger partial charge in [-0.1, -0.05) is 13.8 Å². The van der Waals surface area contributed by atoms with Crippen LogP contribution in [-0.2, 0) is 16.0 Å². The number of carbonyl (C=O) groups is 2. The topological polar surface area (TPSA) is 66.4 Å². The first-order valence-corrected chi connectivity index (χ1v) is 7.69. The van der Waals surface area contributed by atoms with Crippen molar-refractivity contribution in [2.75, 3.05) is 6.54 Å². The van der Waals surface area contributed by atoms with Gasteiger partial charge in [-0.2, -0.15) is 0 Å².